The molecular formula is C17H27N3O2. The van der Waals surface area contributed by atoms with Gasteiger partial charge in [0.2, 0.25) is 0 Å². The summed E-state index contributed by atoms with van der Waals surface area (Å²) < 4.78 is 5.52. The van der Waals surface area contributed by atoms with E-state index in [2.05, 4.69) is 34.7 Å². The fraction of sp³-hybridized carbons (Fsp3) is 0.588. The molecule has 0 radical (unpaired) electrons. The molecule has 1 heterocycles. The van der Waals surface area contributed by atoms with E-state index in [1.807, 2.05) is 18.2 Å². The van der Waals surface area contributed by atoms with Crippen LogP contribution in [-0.4, -0.2) is 44.0 Å². The first kappa shape index (κ1) is 16.8. The van der Waals surface area contributed by atoms with E-state index >= 15 is 0 Å². The zero-order valence-electron chi connectivity index (χ0n) is 13.3. The Morgan fingerprint density at radius 2 is 2.14 bits per heavy atom. The van der Waals surface area contributed by atoms with Crippen LogP contribution in [0.15, 0.2) is 35.3 Å². The highest BCUT2D eigenvalue weighted by molar-refractivity contribution is 5.79. The second-order valence-electron chi connectivity index (χ2n) is 5.81. The first-order valence-electron chi connectivity index (χ1n) is 8.03. The monoisotopic (exact) mass is 305 g/mol. The van der Waals surface area contributed by atoms with Crippen molar-refractivity contribution in [1.29, 1.82) is 0 Å². The van der Waals surface area contributed by atoms with Crippen LogP contribution in [0.1, 0.15) is 25.3 Å². The molecule has 1 aromatic carbocycles. The van der Waals surface area contributed by atoms with E-state index in [9.17, 15) is 5.11 Å². The lowest BCUT2D eigenvalue weighted by atomic mass is 9.84. The zero-order chi connectivity index (χ0) is 15.7. The Labute approximate surface area is 132 Å². The van der Waals surface area contributed by atoms with Gasteiger partial charge >= 0.3 is 0 Å². The highest BCUT2D eigenvalue weighted by Gasteiger charge is 2.34. The second-order valence-corrected chi connectivity index (χ2v) is 5.81. The summed E-state index contributed by atoms with van der Waals surface area (Å²) in [6, 6.07) is 10.2. The van der Waals surface area contributed by atoms with Crippen LogP contribution >= 0.6 is 0 Å². The largest absolute Gasteiger partial charge is 0.396 e. The topological polar surface area (TPSA) is 65.9 Å². The van der Waals surface area contributed by atoms with E-state index in [4.69, 9.17) is 4.74 Å². The van der Waals surface area contributed by atoms with Gasteiger partial charge in [-0.15, -0.1) is 0 Å². The van der Waals surface area contributed by atoms with Crippen LogP contribution in [0, 0.1) is 5.41 Å². The van der Waals surface area contributed by atoms with Crippen molar-refractivity contribution in [3.8, 4) is 0 Å². The van der Waals surface area contributed by atoms with Gasteiger partial charge in [0.25, 0.3) is 0 Å². The molecule has 1 aromatic rings. The molecule has 1 fully saturated rings. The summed E-state index contributed by atoms with van der Waals surface area (Å²) in [6.07, 6.45) is 1.75. The minimum atomic E-state index is 0.0255. The van der Waals surface area contributed by atoms with Crippen LogP contribution in [0.3, 0.4) is 0 Å². The highest BCUT2D eigenvalue weighted by atomic mass is 16.5. The van der Waals surface area contributed by atoms with Crippen molar-refractivity contribution >= 4 is 5.96 Å². The van der Waals surface area contributed by atoms with E-state index in [-0.39, 0.29) is 12.0 Å². The number of ether oxygens (including phenoxy) is 1. The van der Waals surface area contributed by atoms with E-state index in [0.717, 1.165) is 38.5 Å². The predicted molar refractivity (Wildman–Crippen MR) is 88.8 cm³/mol. The molecule has 0 saturated carbocycles. The molecule has 1 atom stereocenters. The number of hydrogen-bond donors (Lipinski definition) is 3. The standard InChI is InChI=1S/C17H27N3O2/c1-2-18-16(19-12-15-6-4-3-5-7-15)20-13-17(8-10-21)9-11-22-14-17/h3-7,21H,2,8-14H2,1H3,(H2,18,19,20). The van der Waals surface area contributed by atoms with Crippen LogP contribution in [0.25, 0.3) is 0 Å². The van der Waals surface area contributed by atoms with E-state index in [0.29, 0.717) is 13.2 Å². The number of nitrogens with zero attached hydrogens (tertiary/aromatic N) is 1. The zero-order valence-corrected chi connectivity index (χ0v) is 13.3. The third-order valence-electron chi connectivity index (χ3n) is 4.06. The Bertz CT molecular complexity index is 456. The van der Waals surface area contributed by atoms with E-state index in [1.165, 1.54) is 5.56 Å². The molecule has 0 aromatic heterocycles. The third kappa shape index (κ3) is 5.00. The quantitative estimate of drug-likeness (QED) is 0.528. The molecule has 122 valence electrons. The van der Waals surface area contributed by atoms with Crippen molar-refractivity contribution in [3.63, 3.8) is 0 Å². The number of benzene rings is 1. The molecule has 5 nitrogen and oxygen atoms in total. The van der Waals surface area contributed by atoms with Gasteiger partial charge in [0, 0.05) is 31.7 Å². The molecule has 2 rings (SSSR count). The Hall–Kier alpha value is -1.59. The van der Waals surface area contributed by atoms with Crippen molar-refractivity contribution in [1.82, 2.24) is 10.6 Å². The number of rotatable bonds is 7. The van der Waals surface area contributed by atoms with Gasteiger partial charge in [0.1, 0.15) is 0 Å². The van der Waals surface area contributed by atoms with Crippen molar-refractivity contribution in [2.45, 2.75) is 26.3 Å². The molecule has 0 aliphatic carbocycles. The number of hydrogen-bond acceptors (Lipinski definition) is 3. The van der Waals surface area contributed by atoms with Gasteiger partial charge in [-0.2, -0.15) is 0 Å². The van der Waals surface area contributed by atoms with Crippen LogP contribution in [0.2, 0.25) is 0 Å². The van der Waals surface area contributed by atoms with Gasteiger partial charge in [0.15, 0.2) is 5.96 Å². The normalized spacial score (nSPS) is 21.8. The van der Waals surface area contributed by atoms with Crippen molar-refractivity contribution < 1.29 is 9.84 Å². The fourth-order valence-electron chi connectivity index (χ4n) is 2.68. The molecule has 1 unspecified atom stereocenters. The summed E-state index contributed by atoms with van der Waals surface area (Å²) in [5.74, 6) is 0.815. The average molecular weight is 305 g/mol. The maximum Gasteiger partial charge on any atom is 0.191 e. The van der Waals surface area contributed by atoms with Crippen molar-refractivity contribution in [3.05, 3.63) is 35.9 Å². The maximum absolute atomic E-state index is 9.28. The number of guanidine groups is 1. The summed E-state index contributed by atoms with van der Waals surface area (Å²) >= 11 is 0. The maximum atomic E-state index is 9.28. The molecule has 22 heavy (non-hydrogen) atoms. The second kappa shape index (κ2) is 8.76. The van der Waals surface area contributed by atoms with Gasteiger partial charge < -0.3 is 20.5 Å². The average Bonchev–Trinajstić information content (AvgIpc) is 3.00. The van der Waals surface area contributed by atoms with Gasteiger partial charge in [-0.3, -0.25) is 0 Å². The SMILES string of the molecule is CCNC(=NCc1ccccc1)NCC1(CCO)CCOC1. The van der Waals surface area contributed by atoms with Crippen molar-refractivity contribution in [2.75, 3.05) is 32.9 Å². The summed E-state index contributed by atoms with van der Waals surface area (Å²) in [5, 5.41) is 16.0. The molecule has 1 aliphatic heterocycles. The molecule has 0 bridgehead atoms. The highest BCUT2D eigenvalue weighted by Crippen LogP contribution is 2.31. The molecular weight excluding hydrogens is 278 g/mol. The Kier molecular flexibility index (Phi) is 6.68. The first-order chi connectivity index (χ1) is 10.8. The molecule has 0 amide bonds. The van der Waals surface area contributed by atoms with Crippen LogP contribution in [0.4, 0.5) is 0 Å². The molecule has 5 heteroatoms. The number of aliphatic hydroxyl groups is 1. The Balaban J connectivity index is 1.93. The number of aliphatic imine (C=N–C) groups is 1. The predicted octanol–water partition coefficient (Wildman–Crippen LogP) is 1.53. The lowest BCUT2D eigenvalue weighted by Crippen LogP contribution is -2.44. The van der Waals surface area contributed by atoms with Crippen molar-refractivity contribution in [2.24, 2.45) is 10.4 Å². The number of aliphatic hydroxyl groups excluding tert-OH is 1. The van der Waals surface area contributed by atoms with Gasteiger partial charge in [-0.05, 0) is 25.3 Å². The van der Waals surface area contributed by atoms with Gasteiger partial charge in [-0.25, -0.2) is 4.99 Å². The fourth-order valence-corrected chi connectivity index (χ4v) is 2.68. The first-order valence-corrected chi connectivity index (χ1v) is 8.03. The molecule has 1 aliphatic rings. The summed E-state index contributed by atoms with van der Waals surface area (Å²) in [6.45, 7) is 5.99. The molecule has 1 saturated heterocycles. The number of nitrogens with one attached hydrogen (secondary N) is 2. The Morgan fingerprint density at radius 3 is 2.77 bits per heavy atom. The van der Waals surface area contributed by atoms with Crippen LogP contribution in [0.5, 0.6) is 0 Å². The summed E-state index contributed by atoms with van der Waals surface area (Å²) in [5.41, 5.74) is 1.21. The van der Waals surface area contributed by atoms with Crippen LogP contribution < -0.4 is 10.6 Å². The Morgan fingerprint density at radius 1 is 1.32 bits per heavy atom. The lowest BCUT2D eigenvalue weighted by molar-refractivity contribution is 0.127. The van der Waals surface area contributed by atoms with E-state index in [1.54, 1.807) is 0 Å². The van der Waals surface area contributed by atoms with Gasteiger partial charge in [0.05, 0.1) is 13.2 Å². The van der Waals surface area contributed by atoms with Crippen LogP contribution in [-0.2, 0) is 11.3 Å². The molecule has 0 spiro atoms. The summed E-state index contributed by atoms with van der Waals surface area (Å²) in [7, 11) is 0. The van der Waals surface area contributed by atoms with E-state index < -0.39 is 0 Å². The lowest BCUT2D eigenvalue weighted by Gasteiger charge is -2.27. The minimum absolute atomic E-state index is 0.0255. The third-order valence-corrected chi connectivity index (χ3v) is 4.06. The minimum Gasteiger partial charge on any atom is -0.396 e. The smallest absolute Gasteiger partial charge is 0.191 e. The molecule has 3 N–H and O–H groups in total. The van der Waals surface area contributed by atoms with Gasteiger partial charge in [-0.1, -0.05) is 30.3 Å². The summed E-state index contributed by atoms with van der Waals surface area (Å²) in [4.78, 5) is 4.63.